The number of hydrogen-bond donors (Lipinski definition) is 0. The van der Waals surface area contributed by atoms with Gasteiger partial charge in [-0.05, 0) is 39.0 Å². The van der Waals surface area contributed by atoms with Gasteiger partial charge in [-0.15, -0.1) is 0 Å². The Balaban J connectivity index is 2.85. The molecule has 0 saturated heterocycles. The van der Waals surface area contributed by atoms with Gasteiger partial charge in [0.1, 0.15) is 11.4 Å². The highest BCUT2D eigenvalue weighted by Gasteiger charge is 2.19. The zero-order valence-corrected chi connectivity index (χ0v) is 11.6. The van der Waals surface area contributed by atoms with Gasteiger partial charge >= 0.3 is 5.97 Å². The third-order valence-corrected chi connectivity index (χ3v) is 3.04. The number of ether oxygens (including phenoxy) is 1. The first-order valence-corrected chi connectivity index (χ1v) is 6.48. The van der Waals surface area contributed by atoms with Gasteiger partial charge in [0.05, 0.1) is 12.1 Å². The number of hydrogen-bond acceptors (Lipinski definition) is 3. The number of benzene rings is 1. The molecule has 0 N–H and O–H groups in total. The van der Waals surface area contributed by atoms with Crippen LogP contribution in [0.3, 0.4) is 0 Å². The van der Waals surface area contributed by atoms with Crippen molar-refractivity contribution >= 4 is 16.9 Å². The van der Waals surface area contributed by atoms with E-state index in [1.54, 1.807) is 32.9 Å². The molecule has 0 atom stereocenters. The minimum absolute atomic E-state index is 0.141. The van der Waals surface area contributed by atoms with Crippen LogP contribution in [-0.2, 0) is 4.74 Å². The summed E-state index contributed by atoms with van der Waals surface area (Å²) in [6.07, 6.45) is 0. The van der Waals surface area contributed by atoms with E-state index in [2.05, 4.69) is 0 Å². The lowest BCUT2D eigenvalue weighted by Crippen LogP contribution is -2.29. The molecule has 0 fully saturated rings. The Hall–Kier alpha value is -2.17. The molecule has 2 aromatic rings. The van der Waals surface area contributed by atoms with Gasteiger partial charge in [-0.3, -0.25) is 4.79 Å². The van der Waals surface area contributed by atoms with Crippen molar-refractivity contribution in [3.63, 3.8) is 0 Å². The molecular weight excluding hydrogens is 261 g/mol. The van der Waals surface area contributed by atoms with E-state index in [1.807, 2.05) is 0 Å². The van der Waals surface area contributed by atoms with Gasteiger partial charge in [-0.1, -0.05) is 6.07 Å². The fraction of sp³-hybridized carbons (Fsp3) is 0.333. The lowest BCUT2D eigenvalue weighted by atomic mass is 10.1. The molecule has 106 valence electrons. The summed E-state index contributed by atoms with van der Waals surface area (Å²) in [7, 11) is 0. The Morgan fingerprint density at radius 2 is 2.10 bits per heavy atom. The number of fused-ring (bicyclic) bond motifs is 1. The van der Waals surface area contributed by atoms with Crippen molar-refractivity contribution in [3.8, 4) is 0 Å². The molecule has 0 spiro atoms. The summed E-state index contributed by atoms with van der Waals surface area (Å²) in [5.41, 5.74) is -0.132. The molecule has 1 heterocycles. The fourth-order valence-electron chi connectivity index (χ4n) is 2.19. The second-order valence-electron chi connectivity index (χ2n) is 4.72. The maximum atomic E-state index is 13.9. The van der Waals surface area contributed by atoms with Gasteiger partial charge in [0.2, 0.25) is 0 Å². The summed E-state index contributed by atoms with van der Waals surface area (Å²) in [5, 5.41) is 0.240. The molecule has 0 amide bonds. The third-order valence-electron chi connectivity index (χ3n) is 3.04. The average Bonchev–Trinajstić information content (AvgIpc) is 2.38. The minimum atomic E-state index is -0.725. The lowest BCUT2D eigenvalue weighted by molar-refractivity contribution is 0.0523. The first kappa shape index (κ1) is 14.2. The monoisotopic (exact) mass is 277 g/mol. The summed E-state index contributed by atoms with van der Waals surface area (Å²) in [6, 6.07) is 5.58. The highest BCUT2D eigenvalue weighted by atomic mass is 19.1. The van der Waals surface area contributed by atoms with Gasteiger partial charge in [-0.25, -0.2) is 9.18 Å². The van der Waals surface area contributed by atoms with E-state index in [9.17, 15) is 14.0 Å². The van der Waals surface area contributed by atoms with Crippen LogP contribution in [0.4, 0.5) is 4.39 Å². The molecule has 0 unspecified atom stereocenters. The molecule has 1 aromatic carbocycles. The number of rotatable bonds is 3. The van der Waals surface area contributed by atoms with Crippen LogP contribution in [0.5, 0.6) is 0 Å². The summed E-state index contributed by atoms with van der Waals surface area (Å²) < 4.78 is 20.2. The standard InChI is InChI=1S/C15H16FNO3/c1-4-20-15(19)11-8-10-12(16)6-5-7-13(10)17(9(2)3)14(11)18/h5-9H,4H2,1-3H3. The maximum Gasteiger partial charge on any atom is 0.343 e. The number of pyridine rings is 1. The first-order chi connectivity index (χ1) is 9.47. The number of aromatic nitrogens is 1. The van der Waals surface area contributed by atoms with E-state index in [1.165, 1.54) is 16.7 Å². The van der Waals surface area contributed by atoms with Crippen molar-refractivity contribution in [2.45, 2.75) is 26.8 Å². The molecule has 0 bridgehead atoms. The topological polar surface area (TPSA) is 48.3 Å². The van der Waals surface area contributed by atoms with E-state index in [0.29, 0.717) is 5.52 Å². The molecule has 0 radical (unpaired) electrons. The van der Waals surface area contributed by atoms with Crippen LogP contribution in [0.1, 0.15) is 37.2 Å². The number of halogens is 1. The smallest absolute Gasteiger partial charge is 0.343 e. The Labute approximate surface area is 115 Å². The van der Waals surface area contributed by atoms with Gasteiger partial charge in [-0.2, -0.15) is 0 Å². The van der Waals surface area contributed by atoms with Crippen molar-refractivity contribution in [2.24, 2.45) is 0 Å². The Morgan fingerprint density at radius 3 is 2.70 bits per heavy atom. The highest BCUT2D eigenvalue weighted by molar-refractivity contribution is 5.94. The van der Waals surface area contributed by atoms with E-state index in [0.717, 1.165) is 0 Å². The third kappa shape index (κ3) is 2.31. The Kier molecular flexibility index (Phi) is 3.88. The number of nitrogens with zero attached hydrogens (tertiary/aromatic N) is 1. The maximum absolute atomic E-state index is 13.9. The summed E-state index contributed by atoms with van der Waals surface area (Å²) in [5.74, 6) is -1.19. The van der Waals surface area contributed by atoms with Crippen molar-refractivity contribution < 1.29 is 13.9 Å². The fourth-order valence-corrected chi connectivity index (χ4v) is 2.19. The molecule has 0 saturated carbocycles. The SMILES string of the molecule is CCOC(=O)c1cc2c(F)cccc2n(C(C)C)c1=O. The van der Waals surface area contributed by atoms with E-state index < -0.39 is 17.3 Å². The lowest BCUT2D eigenvalue weighted by Gasteiger charge is -2.15. The zero-order valence-electron chi connectivity index (χ0n) is 11.6. The second kappa shape index (κ2) is 5.45. The van der Waals surface area contributed by atoms with E-state index in [-0.39, 0.29) is 23.6 Å². The van der Waals surface area contributed by atoms with Crippen LogP contribution < -0.4 is 5.56 Å². The van der Waals surface area contributed by atoms with Crippen LogP contribution in [0.25, 0.3) is 10.9 Å². The average molecular weight is 277 g/mol. The molecule has 0 aliphatic rings. The van der Waals surface area contributed by atoms with Gasteiger partial charge in [0.25, 0.3) is 5.56 Å². The molecule has 0 aliphatic heterocycles. The molecule has 1 aromatic heterocycles. The highest BCUT2D eigenvalue weighted by Crippen LogP contribution is 2.20. The van der Waals surface area contributed by atoms with Crippen LogP contribution in [0.2, 0.25) is 0 Å². The predicted molar refractivity (Wildman–Crippen MR) is 74.5 cm³/mol. The normalized spacial score (nSPS) is 11.1. The van der Waals surface area contributed by atoms with Crippen LogP contribution in [0, 0.1) is 5.82 Å². The molecule has 4 nitrogen and oxygen atoms in total. The van der Waals surface area contributed by atoms with Crippen molar-refractivity contribution in [1.82, 2.24) is 4.57 Å². The molecule has 0 aliphatic carbocycles. The molecule has 2 rings (SSSR count). The van der Waals surface area contributed by atoms with Crippen molar-refractivity contribution in [2.75, 3.05) is 6.61 Å². The van der Waals surface area contributed by atoms with Crippen LogP contribution in [0.15, 0.2) is 29.1 Å². The number of carbonyl (C=O) groups is 1. The molecular formula is C15H16FNO3. The zero-order chi connectivity index (χ0) is 14.9. The van der Waals surface area contributed by atoms with Gasteiger partial charge in [0, 0.05) is 11.4 Å². The number of carbonyl (C=O) groups excluding carboxylic acids is 1. The Bertz CT molecular complexity index is 719. The quantitative estimate of drug-likeness (QED) is 0.810. The van der Waals surface area contributed by atoms with E-state index >= 15 is 0 Å². The van der Waals surface area contributed by atoms with Gasteiger partial charge in [0.15, 0.2) is 0 Å². The minimum Gasteiger partial charge on any atom is -0.462 e. The van der Waals surface area contributed by atoms with Crippen LogP contribution in [-0.4, -0.2) is 17.1 Å². The largest absolute Gasteiger partial charge is 0.462 e. The first-order valence-electron chi connectivity index (χ1n) is 6.48. The summed E-state index contributed by atoms with van der Waals surface area (Å²) >= 11 is 0. The summed E-state index contributed by atoms with van der Waals surface area (Å²) in [4.78, 5) is 24.2. The van der Waals surface area contributed by atoms with Crippen molar-refractivity contribution in [3.05, 3.63) is 46.0 Å². The summed E-state index contributed by atoms with van der Waals surface area (Å²) in [6.45, 7) is 5.43. The second-order valence-corrected chi connectivity index (χ2v) is 4.72. The van der Waals surface area contributed by atoms with E-state index in [4.69, 9.17) is 4.74 Å². The van der Waals surface area contributed by atoms with Crippen molar-refractivity contribution in [1.29, 1.82) is 0 Å². The van der Waals surface area contributed by atoms with Crippen LogP contribution >= 0.6 is 0 Å². The number of esters is 1. The molecule has 20 heavy (non-hydrogen) atoms. The van der Waals surface area contributed by atoms with Gasteiger partial charge < -0.3 is 9.30 Å². The Morgan fingerprint density at radius 1 is 1.40 bits per heavy atom. The molecule has 5 heteroatoms. The predicted octanol–water partition coefficient (Wildman–Crippen LogP) is 2.90.